The van der Waals surface area contributed by atoms with Crippen LogP contribution in [0.1, 0.15) is 28.8 Å². The molecule has 1 heterocycles. The van der Waals surface area contributed by atoms with Crippen molar-refractivity contribution >= 4 is 29.0 Å². The number of Topliss-reactive ketones (excluding diaryl/α,β-unsaturated/α-hetero) is 1. The van der Waals surface area contributed by atoms with Crippen LogP contribution < -0.4 is 5.32 Å². The molecule has 1 amide bonds. The van der Waals surface area contributed by atoms with Crippen LogP contribution in [0.15, 0.2) is 12.1 Å². The van der Waals surface area contributed by atoms with Gasteiger partial charge in [0.1, 0.15) is 5.82 Å². The van der Waals surface area contributed by atoms with Crippen LogP contribution in [0, 0.1) is 5.82 Å². The molecule has 0 saturated heterocycles. The molecule has 3 nitrogen and oxygen atoms in total. The molecule has 2 rings (SSSR count). The van der Waals surface area contributed by atoms with Crippen molar-refractivity contribution < 1.29 is 14.0 Å². The maximum absolute atomic E-state index is 13.3. The van der Waals surface area contributed by atoms with Gasteiger partial charge >= 0.3 is 0 Å². The van der Waals surface area contributed by atoms with E-state index in [1.807, 2.05) is 0 Å². The molecule has 1 N–H and O–H groups in total. The lowest BCUT2D eigenvalue weighted by atomic mass is 9.98. The van der Waals surface area contributed by atoms with Gasteiger partial charge in [-0.25, -0.2) is 4.39 Å². The molecule has 0 fully saturated rings. The first-order chi connectivity index (χ1) is 7.54. The van der Waals surface area contributed by atoms with Crippen LogP contribution in [0.4, 0.5) is 10.1 Å². The fraction of sp³-hybridized carbons (Fsp3) is 0.273. The zero-order valence-electron chi connectivity index (χ0n) is 8.51. The molecule has 1 atom stereocenters. The highest BCUT2D eigenvalue weighted by molar-refractivity contribution is 6.31. The van der Waals surface area contributed by atoms with E-state index < -0.39 is 17.5 Å². The molecular formula is C11H9ClFNO2. The molecular weight excluding hydrogens is 233 g/mol. The molecule has 0 saturated carbocycles. The lowest BCUT2D eigenvalue weighted by Crippen LogP contribution is -2.10. The van der Waals surface area contributed by atoms with Crippen LogP contribution >= 0.6 is 11.6 Å². The van der Waals surface area contributed by atoms with E-state index in [0.717, 1.165) is 6.07 Å². The Morgan fingerprint density at radius 3 is 2.88 bits per heavy atom. The van der Waals surface area contributed by atoms with Crippen molar-refractivity contribution in [2.24, 2.45) is 0 Å². The van der Waals surface area contributed by atoms with Gasteiger partial charge in [-0.05, 0) is 24.6 Å². The van der Waals surface area contributed by atoms with Crippen molar-refractivity contribution in [3.8, 4) is 0 Å². The molecule has 0 aliphatic carbocycles. The summed E-state index contributed by atoms with van der Waals surface area (Å²) in [5, 5.41) is 2.57. The van der Waals surface area contributed by atoms with Gasteiger partial charge in [0.2, 0.25) is 5.91 Å². The summed E-state index contributed by atoms with van der Waals surface area (Å²) in [6, 6.07) is 2.37. The Kier molecular flexibility index (Phi) is 2.68. The Labute approximate surface area is 96.6 Å². The number of hydrogen-bond acceptors (Lipinski definition) is 2. The van der Waals surface area contributed by atoms with E-state index >= 15 is 0 Å². The van der Waals surface area contributed by atoms with Crippen molar-refractivity contribution in [2.45, 2.75) is 12.8 Å². The normalized spacial score (nSPS) is 18.2. The van der Waals surface area contributed by atoms with E-state index in [4.69, 9.17) is 11.6 Å². The molecule has 1 aromatic rings. The summed E-state index contributed by atoms with van der Waals surface area (Å²) >= 11 is 5.43. The standard InChI is InChI=1S/C11H9ClFNO2/c1-5-7-2-6(13)3-8(9(15)4-12)10(7)14-11(5)16/h2-3,5H,4H2,1H3,(H,14,16). The topological polar surface area (TPSA) is 46.2 Å². The molecule has 5 heteroatoms. The van der Waals surface area contributed by atoms with Gasteiger partial charge < -0.3 is 5.32 Å². The number of rotatable bonds is 2. The highest BCUT2D eigenvalue weighted by Crippen LogP contribution is 2.35. The summed E-state index contributed by atoms with van der Waals surface area (Å²) in [5.41, 5.74) is 1.05. The minimum absolute atomic E-state index is 0.141. The highest BCUT2D eigenvalue weighted by atomic mass is 35.5. The van der Waals surface area contributed by atoms with Gasteiger partial charge in [0.15, 0.2) is 5.78 Å². The van der Waals surface area contributed by atoms with Crippen LogP contribution in [-0.2, 0) is 4.79 Å². The maximum atomic E-state index is 13.3. The molecule has 1 aromatic carbocycles. The van der Waals surface area contributed by atoms with E-state index in [0.29, 0.717) is 11.3 Å². The SMILES string of the molecule is CC1C(=O)Nc2c(C(=O)CCl)cc(F)cc21. The lowest BCUT2D eigenvalue weighted by Gasteiger charge is -2.06. The zero-order chi connectivity index (χ0) is 11.9. The van der Waals surface area contributed by atoms with Gasteiger partial charge in [0.05, 0.1) is 17.5 Å². The van der Waals surface area contributed by atoms with E-state index in [2.05, 4.69) is 5.32 Å². The first-order valence-electron chi connectivity index (χ1n) is 4.78. The van der Waals surface area contributed by atoms with Crippen molar-refractivity contribution in [1.29, 1.82) is 0 Å². The highest BCUT2D eigenvalue weighted by Gasteiger charge is 2.30. The first-order valence-corrected chi connectivity index (χ1v) is 5.31. The maximum Gasteiger partial charge on any atom is 0.231 e. The van der Waals surface area contributed by atoms with Crippen molar-refractivity contribution in [1.82, 2.24) is 0 Å². The number of carbonyl (C=O) groups excluding carboxylic acids is 2. The van der Waals surface area contributed by atoms with Crippen LogP contribution in [0.3, 0.4) is 0 Å². The van der Waals surface area contributed by atoms with Crippen molar-refractivity contribution in [3.63, 3.8) is 0 Å². The minimum Gasteiger partial charge on any atom is -0.325 e. The number of ketones is 1. The third-order valence-corrected chi connectivity index (χ3v) is 2.91. The summed E-state index contributed by atoms with van der Waals surface area (Å²) in [4.78, 5) is 22.9. The Bertz CT molecular complexity index is 487. The fourth-order valence-corrected chi connectivity index (χ4v) is 1.92. The number of fused-ring (bicyclic) bond motifs is 1. The Morgan fingerprint density at radius 2 is 2.25 bits per heavy atom. The van der Waals surface area contributed by atoms with Gasteiger partial charge in [-0.2, -0.15) is 0 Å². The Balaban J connectivity index is 2.61. The van der Waals surface area contributed by atoms with Crippen molar-refractivity contribution in [2.75, 3.05) is 11.2 Å². The summed E-state index contributed by atoms with van der Waals surface area (Å²) in [6.07, 6.45) is 0. The van der Waals surface area contributed by atoms with E-state index in [9.17, 15) is 14.0 Å². The van der Waals surface area contributed by atoms with Crippen LogP contribution in [0.25, 0.3) is 0 Å². The van der Waals surface area contributed by atoms with E-state index in [1.165, 1.54) is 6.07 Å². The number of benzene rings is 1. The molecule has 16 heavy (non-hydrogen) atoms. The second-order valence-electron chi connectivity index (χ2n) is 3.69. The average Bonchev–Trinajstić information content (AvgIpc) is 2.54. The number of anilines is 1. The molecule has 84 valence electrons. The minimum atomic E-state index is -0.532. The third kappa shape index (κ3) is 1.59. The van der Waals surface area contributed by atoms with Crippen molar-refractivity contribution in [3.05, 3.63) is 29.1 Å². The average molecular weight is 242 g/mol. The summed E-state index contributed by atoms with van der Waals surface area (Å²) in [7, 11) is 0. The Hall–Kier alpha value is -1.42. The third-order valence-electron chi connectivity index (χ3n) is 2.66. The van der Waals surface area contributed by atoms with Crippen LogP contribution in [-0.4, -0.2) is 17.6 Å². The van der Waals surface area contributed by atoms with Gasteiger partial charge in [-0.3, -0.25) is 9.59 Å². The monoisotopic (exact) mass is 241 g/mol. The van der Waals surface area contributed by atoms with Crippen LogP contribution in [0.2, 0.25) is 0 Å². The predicted octanol–water partition coefficient (Wildman–Crippen LogP) is 2.30. The number of nitrogens with one attached hydrogen (secondary N) is 1. The first kappa shape index (κ1) is 11.1. The number of amides is 1. The number of alkyl halides is 1. The molecule has 0 aromatic heterocycles. The summed E-state index contributed by atoms with van der Waals surface area (Å²) < 4.78 is 13.3. The van der Waals surface area contributed by atoms with Gasteiger partial charge in [-0.15, -0.1) is 11.6 Å². The van der Waals surface area contributed by atoms with Gasteiger partial charge in [-0.1, -0.05) is 0 Å². The molecule has 0 bridgehead atoms. The van der Waals surface area contributed by atoms with Gasteiger partial charge in [0.25, 0.3) is 0 Å². The predicted molar refractivity (Wildman–Crippen MR) is 58.5 cm³/mol. The summed E-state index contributed by atoms with van der Waals surface area (Å²) in [6.45, 7) is 1.66. The number of halogens is 2. The largest absolute Gasteiger partial charge is 0.325 e. The Morgan fingerprint density at radius 1 is 1.56 bits per heavy atom. The van der Waals surface area contributed by atoms with E-state index in [-0.39, 0.29) is 17.4 Å². The quantitative estimate of drug-likeness (QED) is 0.638. The number of hydrogen-bond donors (Lipinski definition) is 1. The van der Waals surface area contributed by atoms with Crippen LogP contribution in [0.5, 0.6) is 0 Å². The number of carbonyl (C=O) groups is 2. The molecule has 1 aliphatic rings. The molecule has 0 radical (unpaired) electrons. The fourth-order valence-electron chi connectivity index (χ4n) is 1.77. The molecule has 0 spiro atoms. The summed E-state index contributed by atoms with van der Waals surface area (Å²) in [5.74, 6) is -1.83. The smallest absolute Gasteiger partial charge is 0.231 e. The van der Waals surface area contributed by atoms with E-state index in [1.54, 1.807) is 6.92 Å². The molecule has 1 aliphatic heterocycles. The second-order valence-corrected chi connectivity index (χ2v) is 3.95. The second kappa shape index (κ2) is 3.87. The lowest BCUT2D eigenvalue weighted by molar-refractivity contribution is -0.116. The zero-order valence-corrected chi connectivity index (χ0v) is 9.27. The van der Waals surface area contributed by atoms with Gasteiger partial charge in [0, 0.05) is 5.56 Å². The molecule has 1 unspecified atom stereocenters.